The predicted octanol–water partition coefficient (Wildman–Crippen LogP) is 2.44. The van der Waals surface area contributed by atoms with Gasteiger partial charge in [0.25, 0.3) is 0 Å². The molecule has 100 valence electrons. The first-order chi connectivity index (χ1) is 8.33. The summed E-state index contributed by atoms with van der Waals surface area (Å²) in [4.78, 5) is 11.6. The fraction of sp³-hybridized carbons (Fsp3) is 0.800. The fourth-order valence-electron chi connectivity index (χ4n) is 4.59. The Balaban J connectivity index is 1.93. The maximum absolute atomic E-state index is 11.6. The number of rotatable bonds is 0. The Morgan fingerprint density at radius 3 is 2.83 bits per heavy atom. The lowest BCUT2D eigenvalue weighted by Gasteiger charge is -2.54. The van der Waals surface area contributed by atoms with Crippen molar-refractivity contribution in [2.24, 2.45) is 17.3 Å². The van der Waals surface area contributed by atoms with Crippen LogP contribution in [0.4, 0.5) is 0 Å². The highest BCUT2D eigenvalue weighted by Crippen LogP contribution is 2.58. The molecule has 3 heteroatoms. The average Bonchev–Trinajstić information content (AvgIpc) is 2.51. The summed E-state index contributed by atoms with van der Waals surface area (Å²) in [7, 11) is 0. The van der Waals surface area contributed by atoms with E-state index in [1.54, 1.807) is 0 Å². The highest BCUT2D eigenvalue weighted by molar-refractivity contribution is 5.90. The zero-order valence-electron chi connectivity index (χ0n) is 11.2. The molecule has 3 fully saturated rings. The molecule has 0 aromatic carbocycles. The molecule has 18 heavy (non-hydrogen) atoms. The van der Waals surface area contributed by atoms with Crippen LogP contribution in [0.25, 0.3) is 0 Å². The van der Waals surface area contributed by atoms with Crippen molar-refractivity contribution in [3.8, 4) is 0 Å². The van der Waals surface area contributed by atoms with Crippen LogP contribution < -0.4 is 0 Å². The van der Waals surface area contributed by atoms with Gasteiger partial charge in [-0.15, -0.1) is 0 Å². The molecule has 1 aliphatic heterocycles. The number of aliphatic hydroxyl groups is 1. The van der Waals surface area contributed by atoms with E-state index in [4.69, 9.17) is 4.74 Å². The molecule has 0 aromatic heterocycles. The summed E-state index contributed by atoms with van der Waals surface area (Å²) < 4.78 is 5.44. The number of hydrogen-bond acceptors (Lipinski definition) is 3. The molecule has 0 amide bonds. The second-order valence-corrected chi connectivity index (χ2v) is 6.93. The largest absolute Gasteiger partial charge is 0.458 e. The van der Waals surface area contributed by atoms with Crippen LogP contribution in [0.1, 0.15) is 46.0 Å². The predicted molar refractivity (Wildman–Crippen MR) is 67.8 cm³/mol. The van der Waals surface area contributed by atoms with Gasteiger partial charge in [-0.25, -0.2) is 4.79 Å². The minimum absolute atomic E-state index is 0.000139. The summed E-state index contributed by atoms with van der Waals surface area (Å²) in [6.45, 7) is 8.07. The zero-order chi connectivity index (χ0) is 13.1. The first kappa shape index (κ1) is 12.2. The molecule has 3 aliphatic rings. The van der Waals surface area contributed by atoms with Crippen LogP contribution in [0.2, 0.25) is 0 Å². The van der Waals surface area contributed by atoms with E-state index in [1.165, 1.54) is 0 Å². The van der Waals surface area contributed by atoms with E-state index >= 15 is 0 Å². The van der Waals surface area contributed by atoms with Crippen molar-refractivity contribution >= 4 is 5.97 Å². The van der Waals surface area contributed by atoms with Crippen LogP contribution >= 0.6 is 0 Å². The Labute approximate surface area is 108 Å². The van der Waals surface area contributed by atoms with Crippen molar-refractivity contribution in [2.45, 2.75) is 57.7 Å². The van der Waals surface area contributed by atoms with Gasteiger partial charge in [-0.2, -0.15) is 0 Å². The molecule has 3 rings (SSSR count). The summed E-state index contributed by atoms with van der Waals surface area (Å²) in [5.74, 6) is 0.151. The lowest BCUT2D eigenvalue weighted by Crippen LogP contribution is -2.53. The van der Waals surface area contributed by atoms with Gasteiger partial charge >= 0.3 is 5.97 Å². The second-order valence-electron chi connectivity index (χ2n) is 6.93. The van der Waals surface area contributed by atoms with Gasteiger partial charge in [-0.05, 0) is 43.9 Å². The Morgan fingerprint density at radius 2 is 2.11 bits per heavy atom. The van der Waals surface area contributed by atoms with E-state index < -0.39 is 5.60 Å². The van der Waals surface area contributed by atoms with Crippen LogP contribution in [0.5, 0.6) is 0 Å². The normalized spacial score (nSPS) is 51.6. The number of fused-ring (bicyclic) bond motifs is 2. The minimum atomic E-state index is -0.607. The molecular formula is C15H22O3. The van der Waals surface area contributed by atoms with Crippen LogP contribution in [0.15, 0.2) is 12.2 Å². The van der Waals surface area contributed by atoms with Gasteiger partial charge in [-0.1, -0.05) is 19.9 Å². The number of ether oxygens (including phenoxy) is 1. The van der Waals surface area contributed by atoms with Gasteiger partial charge in [0.1, 0.15) is 6.10 Å². The Hall–Kier alpha value is -0.830. The maximum Gasteiger partial charge on any atom is 0.334 e. The van der Waals surface area contributed by atoms with E-state index in [-0.39, 0.29) is 29.3 Å². The Morgan fingerprint density at radius 1 is 1.39 bits per heavy atom. The van der Waals surface area contributed by atoms with Crippen molar-refractivity contribution in [3.05, 3.63) is 12.2 Å². The SMILES string of the molecule is C=C1C(=O)O[C@@H]2C[C@@]3(C)CCC[C@@](C)(O)[C@@H]3C[C@H]12. The molecule has 0 radical (unpaired) electrons. The lowest BCUT2D eigenvalue weighted by atomic mass is 9.52. The Kier molecular flexibility index (Phi) is 2.44. The standard InChI is InChI=1S/C15H22O3/c1-9-10-7-12-14(2,5-4-6-15(12,3)17)8-11(10)18-13(9)16/h10-12,17H,1,4-8H2,2-3H3/t10-,11-,12-,14-,15-/m1/s1. The van der Waals surface area contributed by atoms with Crippen LogP contribution in [0.3, 0.4) is 0 Å². The van der Waals surface area contributed by atoms with Crippen molar-refractivity contribution in [1.82, 2.24) is 0 Å². The van der Waals surface area contributed by atoms with Crippen LogP contribution in [-0.2, 0) is 9.53 Å². The average molecular weight is 250 g/mol. The van der Waals surface area contributed by atoms with Crippen molar-refractivity contribution in [2.75, 3.05) is 0 Å². The van der Waals surface area contributed by atoms with E-state index in [1.807, 2.05) is 6.92 Å². The summed E-state index contributed by atoms with van der Waals surface area (Å²) in [6, 6.07) is 0. The smallest absolute Gasteiger partial charge is 0.334 e. The van der Waals surface area contributed by atoms with E-state index in [0.717, 1.165) is 32.1 Å². The van der Waals surface area contributed by atoms with Gasteiger partial charge < -0.3 is 9.84 Å². The van der Waals surface area contributed by atoms with Crippen molar-refractivity contribution < 1.29 is 14.6 Å². The molecule has 1 heterocycles. The van der Waals surface area contributed by atoms with Crippen molar-refractivity contribution in [1.29, 1.82) is 0 Å². The summed E-state index contributed by atoms with van der Waals surface area (Å²) >= 11 is 0. The van der Waals surface area contributed by atoms with Gasteiger partial charge in [0.05, 0.1) is 5.60 Å². The number of carbonyl (C=O) groups excluding carboxylic acids is 1. The molecule has 2 aliphatic carbocycles. The highest BCUT2D eigenvalue weighted by atomic mass is 16.6. The number of hydrogen-bond donors (Lipinski definition) is 1. The van der Waals surface area contributed by atoms with E-state index in [9.17, 15) is 9.90 Å². The summed E-state index contributed by atoms with van der Waals surface area (Å²) in [6.07, 6.45) is 4.78. The third kappa shape index (κ3) is 1.56. The maximum atomic E-state index is 11.6. The molecule has 0 bridgehead atoms. The molecule has 5 atom stereocenters. The molecule has 1 saturated heterocycles. The topological polar surface area (TPSA) is 46.5 Å². The molecule has 0 aromatic rings. The second kappa shape index (κ2) is 3.60. The van der Waals surface area contributed by atoms with Crippen LogP contribution in [-0.4, -0.2) is 22.8 Å². The summed E-state index contributed by atoms with van der Waals surface area (Å²) in [5.41, 5.74) is 0.112. The zero-order valence-corrected chi connectivity index (χ0v) is 11.2. The van der Waals surface area contributed by atoms with Crippen molar-refractivity contribution in [3.63, 3.8) is 0 Å². The molecule has 1 N–H and O–H groups in total. The Bertz CT molecular complexity index is 412. The third-order valence-electron chi connectivity index (χ3n) is 5.60. The molecule has 2 saturated carbocycles. The van der Waals surface area contributed by atoms with Gasteiger partial charge in [0, 0.05) is 11.5 Å². The summed E-state index contributed by atoms with van der Waals surface area (Å²) in [5, 5.41) is 10.7. The number of esters is 1. The van der Waals surface area contributed by atoms with E-state index in [2.05, 4.69) is 13.5 Å². The van der Waals surface area contributed by atoms with Gasteiger partial charge in [0.2, 0.25) is 0 Å². The van der Waals surface area contributed by atoms with Gasteiger partial charge in [-0.3, -0.25) is 0 Å². The minimum Gasteiger partial charge on any atom is -0.458 e. The molecule has 0 unspecified atom stereocenters. The van der Waals surface area contributed by atoms with Gasteiger partial charge in [0.15, 0.2) is 0 Å². The van der Waals surface area contributed by atoms with E-state index in [0.29, 0.717) is 5.57 Å². The third-order valence-corrected chi connectivity index (χ3v) is 5.60. The first-order valence-electron chi connectivity index (χ1n) is 6.96. The lowest BCUT2D eigenvalue weighted by molar-refractivity contribution is -0.155. The van der Waals surface area contributed by atoms with Crippen LogP contribution in [0, 0.1) is 17.3 Å². The number of carbonyl (C=O) groups is 1. The monoisotopic (exact) mass is 250 g/mol. The fourth-order valence-corrected chi connectivity index (χ4v) is 4.59. The highest BCUT2D eigenvalue weighted by Gasteiger charge is 2.57. The molecule has 3 nitrogen and oxygen atoms in total. The first-order valence-corrected chi connectivity index (χ1v) is 6.96. The quantitative estimate of drug-likeness (QED) is 0.530. The molecule has 0 spiro atoms. The molecular weight excluding hydrogens is 228 g/mol.